The molecule has 2 aromatic rings. The summed E-state index contributed by atoms with van der Waals surface area (Å²) in [5.74, 6) is 0.720. The number of ketones is 1. The van der Waals surface area contributed by atoms with E-state index in [9.17, 15) is 19.2 Å². The number of likely N-dealkylation sites (tertiary alicyclic amines) is 1. The van der Waals surface area contributed by atoms with Crippen molar-refractivity contribution in [2.24, 2.45) is 0 Å². The summed E-state index contributed by atoms with van der Waals surface area (Å²) in [7, 11) is 0. The van der Waals surface area contributed by atoms with Gasteiger partial charge in [-0.15, -0.1) is 0 Å². The van der Waals surface area contributed by atoms with Crippen LogP contribution in [0.1, 0.15) is 47.2 Å². The quantitative estimate of drug-likeness (QED) is 0.826. The number of carbonyl (C=O) groups is 2. The van der Waals surface area contributed by atoms with Gasteiger partial charge in [0.15, 0.2) is 5.78 Å². The molecule has 1 spiro atoms. The number of aryl methyl sites for hydroxylation is 2. The Labute approximate surface area is 173 Å². The Morgan fingerprint density at radius 1 is 1.13 bits per heavy atom. The van der Waals surface area contributed by atoms with Crippen LogP contribution in [0.25, 0.3) is 0 Å². The number of piperidine rings is 1. The Kier molecular flexibility index (Phi) is 5.09. The van der Waals surface area contributed by atoms with Crippen LogP contribution in [0.5, 0.6) is 5.75 Å². The van der Waals surface area contributed by atoms with Crippen LogP contribution < -0.4 is 16.0 Å². The highest BCUT2D eigenvalue weighted by Gasteiger charge is 2.44. The normalized spacial score (nSPS) is 17.5. The zero-order chi connectivity index (χ0) is 21.5. The fourth-order valence-electron chi connectivity index (χ4n) is 4.22. The predicted molar refractivity (Wildman–Crippen MR) is 110 cm³/mol. The Morgan fingerprint density at radius 3 is 2.57 bits per heavy atom. The molecule has 0 radical (unpaired) electrons. The first-order valence-corrected chi connectivity index (χ1v) is 10.2. The second-order valence-corrected chi connectivity index (χ2v) is 8.20. The summed E-state index contributed by atoms with van der Waals surface area (Å²) >= 11 is 0. The van der Waals surface area contributed by atoms with Gasteiger partial charge in [-0.3, -0.25) is 19.4 Å². The first kappa shape index (κ1) is 20.1. The summed E-state index contributed by atoms with van der Waals surface area (Å²) in [5.41, 5.74) is 1.18. The molecule has 0 saturated carbocycles. The fourth-order valence-corrected chi connectivity index (χ4v) is 4.22. The number of fused-ring (bicyclic) bond motifs is 1. The second kappa shape index (κ2) is 7.59. The van der Waals surface area contributed by atoms with Gasteiger partial charge in [0, 0.05) is 51.2 Å². The molecule has 1 fully saturated rings. The number of nitrogens with zero attached hydrogens (tertiary/aromatic N) is 2. The van der Waals surface area contributed by atoms with Crippen molar-refractivity contribution in [3.63, 3.8) is 0 Å². The second-order valence-electron chi connectivity index (χ2n) is 8.20. The van der Waals surface area contributed by atoms with E-state index in [2.05, 4.69) is 4.98 Å². The molecule has 4 rings (SSSR count). The SMILES string of the molecule is Cc1ccc2c(c1C)OC1(CCN(C(=O)CCn3ccc(=O)[nH]c3=O)CC1)CC2=O. The molecule has 1 aromatic heterocycles. The average molecular weight is 411 g/mol. The van der Waals surface area contributed by atoms with Gasteiger partial charge in [-0.05, 0) is 31.0 Å². The van der Waals surface area contributed by atoms with E-state index in [1.54, 1.807) is 4.90 Å². The van der Waals surface area contributed by atoms with E-state index in [1.807, 2.05) is 26.0 Å². The van der Waals surface area contributed by atoms with E-state index in [-0.39, 0.29) is 24.7 Å². The zero-order valence-electron chi connectivity index (χ0n) is 17.2. The van der Waals surface area contributed by atoms with Gasteiger partial charge in [0.2, 0.25) is 5.91 Å². The summed E-state index contributed by atoms with van der Waals surface area (Å²) in [6.45, 7) is 5.19. The maximum Gasteiger partial charge on any atom is 0.328 e. The van der Waals surface area contributed by atoms with Gasteiger partial charge < -0.3 is 14.2 Å². The van der Waals surface area contributed by atoms with Gasteiger partial charge in [0.1, 0.15) is 11.4 Å². The number of amides is 1. The van der Waals surface area contributed by atoms with Gasteiger partial charge in [-0.2, -0.15) is 0 Å². The van der Waals surface area contributed by atoms with Crippen LogP contribution in [0.15, 0.2) is 34.0 Å². The van der Waals surface area contributed by atoms with Crippen LogP contribution >= 0.6 is 0 Å². The molecule has 158 valence electrons. The zero-order valence-corrected chi connectivity index (χ0v) is 17.2. The summed E-state index contributed by atoms with van der Waals surface area (Å²) in [6, 6.07) is 5.04. The van der Waals surface area contributed by atoms with E-state index < -0.39 is 16.9 Å². The van der Waals surface area contributed by atoms with Gasteiger partial charge in [0.25, 0.3) is 5.56 Å². The number of carbonyl (C=O) groups excluding carboxylic acids is 2. The third-order valence-corrected chi connectivity index (χ3v) is 6.27. The third kappa shape index (κ3) is 3.69. The first-order valence-electron chi connectivity index (χ1n) is 10.2. The van der Waals surface area contributed by atoms with Gasteiger partial charge in [0.05, 0.1) is 12.0 Å². The van der Waals surface area contributed by atoms with E-state index >= 15 is 0 Å². The maximum atomic E-state index is 12.7. The molecular weight excluding hydrogens is 386 g/mol. The highest BCUT2D eigenvalue weighted by Crippen LogP contribution is 2.41. The highest BCUT2D eigenvalue weighted by molar-refractivity contribution is 6.01. The van der Waals surface area contributed by atoms with Gasteiger partial charge in [-0.25, -0.2) is 4.79 Å². The molecule has 8 heteroatoms. The molecule has 0 unspecified atom stereocenters. The number of rotatable bonds is 3. The Hall–Kier alpha value is -3.16. The number of hydrogen-bond donors (Lipinski definition) is 1. The predicted octanol–water partition coefficient (Wildman–Crippen LogP) is 1.57. The molecule has 0 bridgehead atoms. The molecule has 30 heavy (non-hydrogen) atoms. The monoisotopic (exact) mass is 411 g/mol. The number of hydrogen-bond acceptors (Lipinski definition) is 5. The van der Waals surface area contributed by atoms with Crippen LogP contribution in [-0.4, -0.2) is 44.8 Å². The molecule has 0 atom stereocenters. The van der Waals surface area contributed by atoms with Crippen molar-refractivity contribution >= 4 is 11.7 Å². The summed E-state index contributed by atoms with van der Waals surface area (Å²) in [5, 5.41) is 0. The molecule has 1 amide bonds. The van der Waals surface area contributed by atoms with Gasteiger partial charge >= 0.3 is 5.69 Å². The lowest BCUT2D eigenvalue weighted by Gasteiger charge is -2.44. The van der Waals surface area contributed by atoms with E-state index in [1.165, 1.54) is 16.8 Å². The average Bonchev–Trinajstić information content (AvgIpc) is 2.71. The third-order valence-electron chi connectivity index (χ3n) is 6.27. The molecule has 1 aromatic carbocycles. The topological polar surface area (TPSA) is 101 Å². The highest BCUT2D eigenvalue weighted by atomic mass is 16.5. The number of Topliss-reactive ketones (excluding diaryl/α,β-unsaturated/α-hetero) is 1. The first-order chi connectivity index (χ1) is 14.3. The van der Waals surface area contributed by atoms with Crippen LogP contribution in [0, 0.1) is 13.8 Å². The molecule has 2 aliphatic rings. The van der Waals surface area contributed by atoms with Crippen molar-refractivity contribution < 1.29 is 14.3 Å². The van der Waals surface area contributed by atoms with Crippen molar-refractivity contribution in [3.05, 3.63) is 61.9 Å². The van der Waals surface area contributed by atoms with E-state index in [4.69, 9.17) is 4.74 Å². The molecular formula is C22H25N3O5. The number of nitrogens with one attached hydrogen (secondary N) is 1. The standard InChI is InChI=1S/C22H25N3O5/c1-14-3-4-16-17(26)13-22(30-20(16)15(14)2)7-11-24(12-8-22)19(28)6-10-25-9-5-18(27)23-21(25)29/h3-5,9H,6-8,10-13H2,1-2H3,(H,23,27,29). The van der Waals surface area contributed by atoms with E-state index in [0.29, 0.717) is 43.7 Å². The van der Waals surface area contributed by atoms with Crippen molar-refractivity contribution in [1.29, 1.82) is 0 Å². The van der Waals surface area contributed by atoms with Crippen molar-refractivity contribution in [1.82, 2.24) is 14.5 Å². The van der Waals surface area contributed by atoms with Crippen LogP contribution in [0.4, 0.5) is 0 Å². The molecule has 1 saturated heterocycles. The smallest absolute Gasteiger partial charge is 0.328 e. The largest absolute Gasteiger partial charge is 0.486 e. The minimum Gasteiger partial charge on any atom is -0.486 e. The van der Waals surface area contributed by atoms with Crippen molar-refractivity contribution in [2.45, 2.75) is 51.7 Å². The Bertz CT molecular complexity index is 1120. The van der Waals surface area contributed by atoms with Crippen molar-refractivity contribution in [2.75, 3.05) is 13.1 Å². The van der Waals surface area contributed by atoms with Crippen LogP contribution in [-0.2, 0) is 11.3 Å². The lowest BCUT2D eigenvalue weighted by molar-refractivity contribution is -0.135. The summed E-state index contributed by atoms with van der Waals surface area (Å²) in [6.07, 6.45) is 3.08. The van der Waals surface area contributed by atoms with Crippen molar-refractivity contribution in [3.8, 4) is 5.75 Å². The minimum atomic E-state index is -0.560. The molecule has 1 N–H and O–H groups in total. The lowest BCUT2D eigenvalue weighted by Crippen LogP contribution is -2.52. The molecule has 8 nitrogen and oxygen atoms in total. The Balaban J connectivity index is 1.40. The molecule has 0 aliphatic carbocycles. The number of aromatic amines is 1. The summed E-state index contributed by atoms with van der Waals surface area (Å²) in [4.78, 5) is 52.2. The number of benzene rings is 1. The van der Waals surface area contributed by atoms with Crippen LogP contribution in [0.2, 0.25) is 0 Å². The number of ether oxygens (including phenoxy) is 1. The Morgan fingerprint density at radius 2 is 1.87 bits per heavy atom. The lowest BCUT2D eigenvalue weighted by atomic mass is 9.81. The fraction of sp³-hybridized carbons (Fsp3) is 0.455. The molecule has 3 heterocycles. The van der Waals surface area contributed by atoms with Gasteiger partial charge in [-0.1, -0.05) is 6.07 Å². The minimum absolute atomic E-state index is 0.0579. The number of H-pyrrole nitrogens is 1. The van der Waals surface area contributed by atoms with E-state index in [0.717, 1.165) is 11.1 Å². The maximum absolute atomic E-state index is 12.7. The van der Waals surface area contributed by atoms with Crippen LogP contribution in [0.3, 0.4) is 0 Å². The number of aromatic nitrogens is 2. The molecule has 2 aliphatic heterocycles. The summed E-state index contributed by atoms with van der Waals surface area (Å²) < 4.78 is 7.70.